The van der Waals surface area contributed by atoms with E-state index in [0.717, 1.165) is 22.8 Å². The Kier molecular flexibility index (Phi) is 8.76. The van der Waals surface area contributed by atoms with Crippen LogP contribution in [0.2, 0.25) is 10.0 Å². The molecule has 0 saturated heterocycles. The van der Waals surface area contributed by atoms with Crippen LogP contribution < -0.4 is 5.32 Å². The number of furan rings is 1. The molecule has 5 rings (SSSR count). The van der Waals surface area contributed by atoms with Crippen molar-refractivity contribution >= 4 is 69.9 Å². The number of halogens is 2. The number of fused-ring (bicyclic) bond motifs is 2. The molecule has 0 saturated carbocycles. The van der Waals surface area contributed by atoms with Crippen molar-refractivity contribution in [3.05, 3.63) is 98.7 Å². The number of rotatable bonds is 8. The Morgan fingerprint density at radius 2 is 1.88 bits per heavy atom. The zero-order chi connectivity index (χ0) is 30.2. The van der Waals surface area contributed by atoms with E-state index in [1.54, 1.807) is 48.2 Å². The Morgan fingerprint density at radius 1 is 1.10 bits per heavy atom. The lowest BCUT2D eigenvalue weighted by Gasteiger charge is -2.30. The summed E-state index contributed by atoms with van der Waals surface area (Å²) in [6.07, 6.45) is 3.21. The molecule has 12 heteroatoms. The Hall–Kier alpha value is -3.23. The van der Waals surface area contributed by atoms with E-state index in [2.05, 4.69) is 5.32 Å². The molecule has 4 aromatic rings. The standard InChI is InChI=1S/C30H27Cl2N2O6PS/c1-41-30(37)24(13-17-4-3-5-21(12-17)42(2,38)39)33-28(35)26-23(31)14-20-16-34(10-8-22(20)27(26)32)29(36)19-7-6-18-9-11-40-25(18)15-19/h3-7,9,11-12,14-15,24,41H,8,10,13,16H2,1-2H3,(H,33,35)/t24-/m0/s1. The molecular weight excluding hydrogens is 618 g/mol. The van der Waals surface area contributed by atoms with Gasteiger partial charge in [0.2, 0.25) is 0 Å². The Morgan fingerprint density at radius 3 is 2.62 bits per heavy atom. The third-order valence-corrected chi connectivity index (χ3v) is 9.92. The van der Waals surface area contributed by atoms with E-state index in [9.17, 15) is 22.8 Å². The number of hydrogen-bond donors (Lipinski definition) is 1. The van der Waals surface area contributed by atoms with Gasteiger partial charge in [-0.15, -0.1) is 0 Å². The molecule has 0 aliphatic carbocycles. The van der Waals surface area contributed by atoms with Gasteiger partial charge < -0.3 is 14.6 Å². The maximum absolute atomic E-state index is 13.5. The third-order valence-electron chi connectivity index (χ3n) is 7.26. The second kappa shape index (κ2) is 12.2. The number of carbonyl (C=O) groups excluding carboxylic acids is 3. The molecule has 42 heavy (non-hydrogen) atoms. The van der Waals surface area contributed by atoms with Crippen LogP contribution in [-0.4, -0.2) is 56.2 Å². The van der Waals surface area contributed by atoms with Crippen LogP contribution in [0.5, 0.6) is 0 Å². The molecule has 8 nitrogen and oxygen atoms in total. The van der Waals surface area contributed by atoms with Gasteiger partial charge in [0.25, 0.3) is 11.8 Å². The summed E-state index contributed by atoms with van der Waals surface area (Å²) < 4.78 is 29.4. The first-order valence-electron chi connectivity index (χ1n) is 13.0. The van der Waals surface area contributed by atoms with Crippen LogP contribution in [0.15, 0.2) is 70.2 Å². The minimum absolute atomic E-state index is 0.0576. The summed E-state index contributed by atoms with van der Waals surface area (Å²) in [5.41, 5.74) is 3.04. The molecule has 0 bridgehead atoms. The molecule has 2 amide bonds. The fourth-order valence-electron chi connectivity index (χ4n) is 5.06. The third kappa shape index (κ3) is 6.25. The summed E-state index contributed by atoms with van der Waals surface area (Å²) in [6.45, 7) is 2.37. The molecule has 0 radical (unpaired) electrons. The zero-order valence-electron chi connectivity index (χ0n) is 22.7. The van der Waals surface area contributed by atoms with Crippen molar-refractivity contribution in [1.29, 1.82) is 0 Å². The number of benzene rings is 3. The highest BCUT2D eigenvalue weighted by Gasteiger charge is 2.30. The summed E-state index contributed by atoms with van der Waals surface area (Å²) in [5.74, 6) is -0.761. The largest absolute Gasteiger partial charge is 0.464 e. The van der Waals surface area contributed by atoms with E-state index in [4.69, 9.17) is 27.6 Å². The number of nitrogens with zero attached hydrogens (tertiary/aromatic N) is 1. The fraction of sp³-hybridized carbons (Fsp3) is 0.233. The number of carbonyl (C=O) groups is 3. The molecular formula is C30H27Cl2N2O6PS. The molecule has 2 atom stereocenters. The van der Waals surface area contributed by atoms with Crippen LogP contribution in [0.25, 0.3) is 11.0 Å². The lowest BCUT2D eigenvalue weighted by atomic mass is 9.95. The fourth-order valence-corrected chi connectivity index (χ4v) is 7.03. The monoisotopic (exact) mass is 644 g/mol. The maximum Gasteiger partial charge on any atom is 0.254 e. The van der Waals surface area contributed by atoms with Crippen molar-refractivity contribution in [2.24, 2.45) is 0 Å². The Balaban J connectivity index is 1.36. The summed E-state index contributed by atoms with van der Waals surface area (Å²) in [4.78, 5) is 41.3. The molecule has 1 aliphatic heterocycles. The maximum atomic E-state index is 13.5. The van der Waals surface area contributed by atoms with E-state index in [1.165, 1.54) is 12.1 Å². The van der Waals surface area contributed by atoms with Gasteiger partial charge in [0.1, 0.15) is 5.58 Å². The highest BCUT2D eigenvalue weighted by Crippen LogP contribution is 2.35. The van der Waals surface area contributed by atoms with E-state index in [1.807, 2.05) is 12.1 Å². The molecule has 1 aromatic heterocycles. The molecule has 1 aliphatic rings. The van der Waals surface area contributed by atoms with Gasteiger partial charge in [0, 0.05) is 36.7 Å². The van der Waals surface area contributed by atoms with Crippen molar-refractivity contribution in [1.82, 2.24) is 10.2 Å². The van der Waals surface area contributed by atoms with Gasteiger partial charge in [-0.3, -0.25) is 14.4 Å². The highest BCUT2D eigenvalue weighted by molar-refractivity contribution is 7.90. The van der Waals surface area contributed by atoms with Gasteiger partial charge in [0.05, 0.1) is 32.8 Å². The van der Waals surface area contributed by atoms with Gasteiger partial charge in [-0.1, -0.05) is 50.0 Å². The quantitative estimate of drug-likeness (QED) is 0.253. The first kappa shape index (κ1) is 30.2. The van der Waals surface area contributed by atoms with Crippen LogP contribution in [0.3, 0.4) is 0 Å². The summed E-state index contributed by atoms with van der Waals surface area (Å²) >= 11 is 13.3. The highest BCUT2D eigenvalue weighted by atomic mass is 35.5. The van der Waals surface area contributed by atoms with Crippen LogP contribution >= 0.6 is 31.8 Å². The first-order valence-corrected chi connectivity index (χ1v) is 17.2. The molecule has 1 N–H and O–H groups in total. The van der Waals surface area contributed by atoms with Crippen LogP contribution in [-0.2, 0) is 34.0 Å². The van der Waals surface area contributed by atoms with Crippen LogP contribution in [0.4, 0.5) is 0 Å². The average molecular weight is 646 g/mol. The van der Waals surface area contributed by atoms with E-state index < -0.39 is 21.8 Å². The average Bonchev–Trinajstić information content (AvgIpc) is 3.43. The van der Waals surface area contributed by atoms with Crippen molar-refractivity contribution in [2.75, 3.05) is 19.5 Å². The predicted molar refractivity (Wildman–Crippen MR) is 165 cm³/mol. The predicted octanol–water partition coefficient (Wildman–Crippen LogP) is 5.52. The van der Waals surface area contributed by atoms with Crippen LogP contribution in [0.1, 0.15) is 37.4 Å². The van der Waals surface area contributed by atoms with Crippen molar-refractivity contribution in [2.45, 2.75) is 30.3 Å². The van der Waals surface area contributed by atoms with E-state index >= 15 is 0 Å². The minimum Gasteiger partial charge on any atom is -0.464 e. The molecule has 3 aromatic carbocycles. The molecule has 2 heterocycles. The number of amides is 2. The lowest BCUT2D eigenvalue weighted by Crippen LogP contribution is -2.41. The van der Waals surface area contributed by atoms with Crippen molar-refractivity contribution in [3.63, 3.8) is 0 Å². The number of hydrogen-bond acceptors (Lipinski definition) is 6. The molecule has 0 fully saturated rings. The van der Waals surface area contributed by atoms with Gasteiger partial charge in [-0.2, -0.15) is 0 Å². The van der Waals surface area contributed by atoms with Crippen molar-refractivity contribution in [3.8, 4) is 0 Å². The lowest BCUT2D eigenvalue weighted by molar-refractivity contribution is -0.112. The SMILES string of the molecule is CPC(=O)[C@H](Cc1cccc(S(C)(=O)=O)c1)NC(=O)c1c(Cl)cc2c(c1Cl)CCN(C(=O)c1ccc3ccoc3c1)C2. The summed E-state index contributed by atoms with van der Waals surface area (Å²) in [6, 6.07) is 14.2. The minimum atomic E-state index is -3.44. The van der Waals surface area contributed by atoms with Gasteiger partial charge >= 0.3 is 0 Å². The Bertz CT molecular complexity index is 1840. The number of nitrogens with one attached hydrogen (secondary N) is 1. The molecule has 1 unspecified atom stereocenters. The molecule has 0 spiro atoms. The van der Waals surface area contributed by atoms with E-state index in [-0.39, 0.29) is 53.5 Å². The van der Waals surface area contributed by atoms with Gasteiger partial charge in [-0.05, 0) is 66.2 Å². The second-order valence-corrected chi connectivity index (χ2v) is 13.9. The number of sulfone groups is 1. The van der Waals surface area contributed by atoms with Gasteiger partial charge in [0.15, 0.2) is 15.4 Å². The normalized spacial score (nSPS) is 14.2. The first-order chi connectivity index (χ1) is 20.0. The van der Waals surface area contributed by atoms with Crippen LogP contribution in [0, 0.1) is 0 Å². The van der Waals surface area contributed by atoms with E-state index in [0.29, 0.717) is 29.7 Å². The smallest absolute Gasteiger partial charge is 0.254 e. The van der Waals surface area contributed by atoms with Crippen molar-refractivity contribution < 1.29 is 27.2 Å². The summed E-state index contributed by atoms with van der Waals surface area (Å²) in [7, 11) is -3.53. The molecule has 218 valence electrons. The Labute approximate surface area is 255 Å². The topological polar surface area (TPSA) is 114 Å². The van der Waals surface area contributed by atoms with Gasteiger partial charge in [-0.25, -0.2) is 8.42 Å². The second-order valence-electron chi connectivity index (χ2n) is 10.1. The zero-order valence-corrected chi connectivity index (χ0v) is 26.1. The summed E-state index contributed by atoms with van der Waals surface area (Å²) in [5, 5.41) is 3.96.